The lowest BCUT2D eigenvalue weighted by Crippen LogP contribution is -2.15. The standard InChI is InChI=1S/C14H16ClN5/c1-10-4-6-16-14-13(10)18-12(8-15)20(14)11(2)9-19-7-3-5-17-19/h3-7,11H,8-9H2,1-2H3. The molecule has 3 aromatic rings. The average Bonchev–Trinajstić information content (AvgIpc) is 3.05. The Labute approximate surface area is 122 Å². The Morgan fingerprint density at radius 1 is 1.35 bits per heavy atom. The van der Waals surface area contributed by atoms with Crippen molar-refractivity contribution in [2.45, 2.75) is 32.3 Å². The van der Waals surface area contributed by atoms with E-state index in [0.717, 1.165) is 29.1 Å². The highest BCUT2D eigenvalue weighted by atomic mass is 35.5. The van der Waals surface area contributed by atoms with Gasteiger partial charge in [0.1, 0.15) is 11.3 Å². The van der Waals surface area contributed by atoms with Crippen LogP contribution in [0.2, 0.25) is 0 Å². The SMILES string of the molecule is Cc1ccnc2c1nc(CCl)n2C(C)Cn1cccn1. The third-order valence-corrected chi connectivity index (χ3v) is 3.66. The lowest BCUT2D eigenvalue weighted by Gasteiger charge is -2.16. The fourth-order valence-corrected chi connectivity index (χ4v) is 2.66. The third kappa shape index (κ3) is 2.18. The summed E-state index contributed by atoms with van der Waals surface area (Å²) in [5, 5.41) is 4.25. The number of fused-ring (bicyclic) bond motifs is 1. The summed E-state index contributed by atoms with van der Waals surface area (Å²) in [4.78, 5) is 9.09. The predicted octanol–water partition coefficient (Wildman–Crippen LogP) is 2.94. The molecule has 0 saturated carbocycles. The van der Waals surface area contributed by atoms with E-state index in [2.05, 4.69) is 26.6 Å². The van der Waals surface area contributed by atoms with Gasteiger partial charge in [-0.15, -0.1) is 11.6 Å². The number of aromatic nitrogens is 5. The number of halogens is 1. The zero-order valence-corrected chi connectivity index (χ0v) is 12.2. The molecular formula is C14H16ClN5. The van der Waals surface area contributed by atoms with Gasteiger partial charge in [-0.3, -0.25) is 4.68 Å². The van der Waals surface area contributed by atoms with Gasteiger partial charge in [-0.2, -0.15) is 5.10 Å². The van der Waals surface area contributed by atoms with E-state index in [1.807, 2.05) is 36.1 Å². The average molecular weight is 290 g/mol. The molecule has 1 unspecified atom stereocenters. The van der Waals surface area contributed by atoms with Crippen molar-refractivity contribution in [3.05, 3.63) is 42.1 Å². The molecule has 20 heavy (non-hydrogen) atoms. The van der Waals surface area contributed by atoms with Crippen molar-refractivity contribution >= 4 is 22.8 Å². The quantitative estimate of drug-likeness (QED) is 0.694. The Hall–Kier alpha value is -1.88. The molecule has 5 nitrogen and oxygen atoms in total. The van der Waals surface area contributed by atoms with Crippen LogP contribution in [-0.4, -0.2) is 24.3 Å². The lowest BCUT2D eigenvalue weighted by molar-refractivity contribution is 0.436. The number of rotatable bonds is 4. The first-order valence-electron chi connectivity index (χ1n) is 6.56. The molecule has 0 N–H and O–H groups in total. The Morgan fingerprint density at radius 2 is 2.20 bits per heavy atom. The van der Waals surface area contributed by atoms with Gasteiger partial charge in [0.2, 0.25) is 0 Å². The van der Waals surface area contributed by atoms with Crippen LogP contribution in [0.1, 0.15) is 24.4 Å². The molecule has 3 rings (SSSR count). The molecule has 0 spiro atoms. The number of imidazole rings is 1. The van der Waals surface area contributed by atoms with Crippen LogP contribution in [-0.2, 0) is 12.4 Å². The molecule has 6 heteroatoms. The zero-order valence-electron chi connectivity index (χ0n) is 11.5. The van der Waals surface area contributed by atoms with E-state index in [1.165, 1.54) is 0 Å². The van der Waals surface area contributed by atoms with Gasteiger partial charge in [-0.05, 0) is 31.5 Å². The van der Waals surface area contributed by atoms with Crippen molar-refractivity contribution in [3.8, 4) is 0 Å². The van der Waals surface area contributed by atoms with E-state index in [-0.39, 0.29) is 6.04 Å². The van der Waals surface area contributed by atoms with Crippen LogP contribution in [0, 0.1) is 6.92 Å². The molecule has 0 amide bonds. The third-order valence-electron chi connectivity index (χ3n) is 3.42. The Kier molecular flexibility index (Phi) is 3.44. The maximum Gasteiger partial charge on any atom is 0.160 e. The number of hydrogen-bond donors (Lipinski definition) is 0. The number of alkyl halides is 1. The second-order valence-corrected chi connectivity index (χ2v) is 5.18. The topological polar surface area (TPSA) is 48.5 Å². The minimum absolute atomic E-state index is 0.183. The molecule has 3 heterocycles. The monoisotopic (exact) mass is 289 g/mol. The van der Waals surface area contributed by atoms with Crippen LogP contribution in [0.3, 0.4) is 0 Å². The van der Waals surface area contributed by atoms with Crippen molar-refractivity contribution in [3.63, 3.8) is 0 Å². The Balaban J connectivity index is 2.07. The van der Waals surface area contributed by atoms with Crippen molar-refractivity contribution in [2.75, 3.05) is 0 Å². The van der Waals surface area contributed by atoms with Gasteiger partial charge >= 0.3 is 0 Å². The van der Waals surface area contributed by atoms with Crippen LogP contribution < -0.4 is 0 Å². The molecule has 0 aliphatic heterocycles. The van der Waals surface area contributed by atoms with Crippen molar-refractivity contribution in [1.29, 1.82) is 0 Å². The summed E-state index contributed by atoms with van der Waals surface area (Å²) >= 11 is 6.05. The maximum absolute atomic E-state index is 6.05. The normalized spacial score (nSPS) is 12.9. The van der Waals surface area contributed by atoms with E-state index >= 15 is 0 Å². The lowest BCUT2D eigenvalue weighted by atomic mass is 10.2. The molecule has 0 fully saturated rings. The van der Waals surface area contributed by atoms with E-state index in [0.29, 0.717) is 5.88 Å². The number of nitrogens with zero attached hydrogens (tertiary/aromatic N) is 5. The van der Waals surface area contributed by atoms with Crippen molar-refractivity contribution in [2.24, 2.45) is 0 Å². The van der Waals surface area contributed by atoms with E-state index in [9.17, 15) is 0 Å². The minimum atomic E-state index is 0.183. The van der Waals surface area contributed by atoms with Crippen molar-refractivity contribution < 1.29 is 0 Å². The first kappa shape index (κ1) is 13.1. The Morgan fingerprint density at radius 3 is 2.90 bits per heavy atom. The molecule has 3 aromatic heterocycles. The number of hydrogen-bond acceptors (Lipinski definition) is 3. The van der Waals surface area contributed by atoms with E-state index in [4.69, 9.17) is 11.6 Å². The largest absolute Gasteiger partial charge is 0.307 e. The second-order valence-electron chi connectivity index (χ2n) is 4.91. The smallest absolute Gasteiger partial charge is 0.160 e. The van der Waals surface area contributed by atoms with E-state index < -0.39 is 0 Å². The van der Waals surface area contributed by atoms with E-state index in [1.54, 1.807) is 6.20 Å². The van der Waals surface area contributed by atoms with Gasteiger partial charge in [-0.1, -0.05) is 0 Å². The minimum Gasteiger partial charge on any atom is -0.307 e. The van der Waals surface area contributed by atoms with Crippen molar-refractivity contribution in [1.82, 2.24) is 24.3 Å². The van der Waals surface area contributed by atoms with Crippen LogP contribution >= 0.6 is 11.6 Å². The molecule has 1 atom stereocenters. The molecule has 0 bridgehead atoms. The fourth-order valence-electron chi connectivity index (χ4n) is 2.47. The summed E-state index contributed by atoms with van der Waals surface area (Å²) in [5.74, 6) is 1.22. The summed E-state index contributed by atoms with van der Waals surface area (Å²) in [5.41, 5.74) is 2.93. The highest BCUT2D eigenvalue weighted by Crippen LogP contribution is 2.23. The molecular weight excluding hydrogens is 274 g/mol. The van der Waals surface area contributed by atoms with Gasteiger partial charge in [0, 0.05) is 18.6 Å². The first-order valence-corrected chi connectivity index (χ1v) is 7.10. The summed E-state index contributed by atoms with van der Waals surface area (Å²) in [6.45, 7) is 4.93. The number of pyridine rings is 1. The van der Waals surface area contributed by atoms with Crippen LogP contribution in [0.5, 0.6) is 0 Å². The zero-order chi connectivity index (χ0) is 14.1. The summed E-state index contributed by atoms with van der Waals surface area (Å²) in [6.07, 6.45) is 5.55. The number of aryl methyl sites for hydroxylation is 1. The van der Waals surface area contributed by atoms with Gasteiger partial charge in [-0.25, -0.2) is 9.97 Å². The molecule has 104 valence electrons. The molecule has 0 aliphatic carbocycles. The predicted molar refractivity (Wildman–Crippen MR) is 78.8 cm³/mol. The second kappa shape index (κ2) is 5.25. The Bertz CT molecular complexity index is 717. The summed E-state index contributed by atoms with van der Waals surface area (Å²) in [7, 11) is 0. The highest BCUT2D eigenvalue weighted by Gasteiger charge is 2.17. The van der Waals surface area contributed by atoms with Crippen LogP contribution in [0.15, 0.2) is 30.7 Å². The van der Waals surface area contributed by atoms with Crippen LogP contribution in [0.25, 0.3) is 11.2 Å². The highest BCUT2D eigenvalue weighted by molar-refractivity contribution is 6.16. The van der Waals surface area contributed by atoms with Gasteiger partial charge in [0.25, 0.3) is 0 Å². The summed E-state index contributed by atoms with van der Waals surface area (Å²) in [6, 6.07) is 4.07. The molecule has 0 saturated heterocycles. The first-order chi connectivity index (χ1) is 9.70. The van der Waals surface area contributed by atoms with Gasteiger partial charge < -0.3 is 4.57 Å². The molecule has 0 aliphatic rings. The maximum atomic E-state index is 6.05. The summed E-state index contributed by atoms with van der Waals surface area (Å²) < 4.78 is 4.02. The van der Waals surface area contributed by atoms with Crippen LogP contribution in [0.4, 0.5) is 0 Å². The van der Waals surface area contributed by atoms with Gasteiger partial charge in [0.15, 0.2) is 5.65 Å². The fraction of sp³-hybridized carbons (Fsp3) is 0.357. The molecule has 0 radical (unpaired) electrons. The molecule has 0 aromatic carbocycles. The van der Waals surface area contributed by atoms with Gasteiger partial charge in [0.05, 0.1) is 18.5 Å².